The number of fused-ring (bicyclic) bond motifs is 1. The molecule has 2 aromatic heterocycles. The molecule has 0 saturated carbocycles. The molecule has 11 heteroatoms. The van der Waals surface area contributed by atoms with Crippen LogP contribution in [0.4, 0.5) is 24.7 Å². The number of nitrogens with one attached hydrogen (secondary N) is 1. The number of halogens is 4. The molecule has 1 aliphatic heterocycles. The van der Waals surface area contributed by atoms with Gasteiger partial charge in [-0.1, -0.05) is 17.7 Å². The summed E-state index contributed by atoms with van der Waals surface area (Å²) >= 11 is 6.18. The van der Waals surface area contributed by atoms with Crippen molar-refractivity contribution in [2.45, 2.75) is 25.9 Å². The first-order valence-electron chi connectivity index (χ1n) is 9.34. The fraction of sp³-hybridized carbons (Fsp3) is 0.368. The lowest BCUT2D eigenvalue weighted by atomic mass is 9.95. The van der Waals surface area contributed by atoms with Crippen LogP contribution in [-0.4, -0.2) is 38.8 Å². The van der Waals surface area contributed by atoms with Crippen LogP contribution in [0.5, 0.6) is 0 Å². The van der Waals surface area contributed by atoms with E-state index in [1.165, 1.54) is 6.07 Å². The predicted molar refractivity (Wildman–Crippen MR) is 106 cm³/mol. The number of nitrogens with zero attached hydrogens (tertiary/aromatic N) is 5. The van der Waals surface area contributed by atoms with Crippen LogP contribution >= 0.6 is 11.6 Å². The monoisotopic (exact) mass is 438 g/mol. The average Bonchev–Trinajstić information content (AvgIpc) is 3.14. The van der Waals surface area contributed by atoms with Crippen molar-refractivity contribution in [3.05, 3.63) is 46.7 Å². The summed E-state index contributed by atoms with van der Waals surface area (Å²) in [6.45, 7) is 2.89. The number of hydrogen-bond donors (Lipinski definition) is 1. The number of carbonyl (C=O) groups is 1. The molecule has 0 atom stereocenters. The number of hydrogen-bond acceptors (Lipinski definition) is 5. The highest BCUT2D eigenvalue weighted by Crippen LogP contribution is 2.29. The molecule has 1 fully saturated rings. The van der Waals surface area contributed by atoms with Crippen molar-refractivity contribution in [1.82, 2.24) is 19.8 Å². The summed E-state index contributed by atoms with van der Waals surface area (Å²) in [5.41, 5.74) is 1.59. The molecule has 0 unspecified atom stereocenters. The fourth-order valence-corrected chi connectivity index (χ4v) is 3.73. The van der Waals surface area contributed by atoms with Gasteiger partial charge in [0.15, 0.2) is 5.65 Å². The number of carbonyl (C=O) groups excluding carboxylic acids is 1. The highest BCUT2D eigenvalue weighted by Gasteiger charge is 2.38. The van der Waals surface area contributed by atoms with Crippen molar-refractivity contribution >= 4 is 34.7 Å². The van der Waals surface area contributed by atoms with Gasteiger partial charge in [-0.25, -0.2) is 0 Å². The molecule has 0 radical (unpaired) electrons. The molecule has 1 aromatic carbocycles. The smallest absolute Gasteiger partial charge is 0.355 e. The van der Waals surface area contributed by atoms with E-state index in [0.717, 1.165) is 5.56 Å². The highest BCUT2D eigenvalue weighted by atomic mass is 35.5. The molecule has 158 valence electrons. The second-order valence-electron chi connectivity index (χ2n) is 7.22. The minimum atomic E-state index is -4.65. The fourth-order valence-electron chi connectivity index (χ4n) is 3.45. The molecule has 0 spiro atoms. The van der Waals surface area contributed by atoms with Gasteiger partial charge in [0.25, 0.3) is 5.82 Å². The lowest BCUT2D eigenvalue weighted by Crippen LogP contribution is -2.38. The zero-order valence-electron chi connectivity index (χ0n) is 15.9. The maximum Gasteiger partial charge on any atom is 0.453 e. The third-order valence-corrected chi connectivity index (χ3v) is 5.39. The lowest BCUT2D eigenvalue weighted by molar-refractivity contribution is -0.146. The van der Waals surface area contributed by atoms with Crippen molar-refractivity contribution < 1.29 is 18.0 Å². The van der Waals surface area contributed by atoms with E-state index in [9.17, 15) is 18.0 Å². The predicted octanol–water partition coefficient (Wildman–Crippen LogP) is 3.96. The van der Waals surface area contributed by atoms with Crippen molar-refractivity contribution in [2.75, 3.05) is 23.3 Å². The second-order valence-corrected chi connectivity index (χ2v) is 7.62. The van der Waals surface area contributed by atoms with Gasteiger partial charge in [-0.15, -0.1) is 15.3 Å². The first-order valence-corrected chi connectivity index (χ1v) is 9.72. The first-order chi connectivity index (χ1) is 14.2. The number of aryl methyl sites for hydroxylation is 1. The van der Waals surface area contributed by atoms with Gasteiger partial charge in [0, 0.05) is 19.0 Å². The third-order valence-electron chi connectivity index (χ3n) is 5.07. The Morgan fingerprint density at radius 1 is 1.17 bits per heavy atom. The third kappa shape index (κ3) is 4.04. The molecule has 4 rings (SSSR count). The SMILES string of the molecule is Cc1ccc(NC(=O)C2CCN(c3ccc4nnc(C(F)(F)F)n4n3)CC2)c(Cl)c1. The number of piperidine rings is 1. The van der Waals surface area contributed by atoms with Crippen LogP contribution < -0.4 is 10.2 Å². The minimum absolute atomic E-state index is 0.0234. The van der Waals surface area contributed by atoms with E-state index in [1.54, 1.807) is 18.2 Å². The molecular weight excluding hydrogens is 421 g/mol. The number of aromatic nitrogens is 4. The Labute approximate surface area is 174 Å². The molecule has 7 nitrogen and oxygen atoms in total. The standard InChI is InChI=1S/C19H18ClF3N6O/c1-11-2-3-14(13(20)10-11)24-17(30)12-6-8-28(9-7-12)16-5-4-15-25-26-18(19(21,22)23)29(15)27-16/h2-5,10,12H,6-9H2,1H3,(H,24,30). The van der Waals surface area contributed by atoms with Crippen LogP contribution in [0.3, 0.4) is 0 Å². The van der Waals surface area contributed by atoms with Gasteiger partial charge in [-0.3, -0.25) is 4.79 Å². The molecule has 1 saturated heterocycles. The Morgan fingerprint density at radius 2 is 1.90 bits per heavy atom. The van der Waals surface area contributed by atoms with Crippen LogP contribution in [0.2, 0.25) is 5.02 Å². The Balaban J connectivity index is 1.43. The zero-order chi connectivity index (χ0) is 21.5. The molecular formula is C19H18ClF3N6O. The van der Waals surface area contributed by atoms with Gasteiger partial charge in [0.05, 0.1) is 10.7 Å². The lowest BCUT2D eigenvalue weighted by Gasteiger charge is -2.32. The molecule has 0 bridgehead atoms. The van der Waals surface area contributed by atoms with E-state index in [0.29, 0.717) is 47.0 Å². The van der Waals surface area contributed by atoms with Gasteiger partial charge in [-0.2, -0.15) is 17.7 Å². The van der Waals surface area contributed by atoms with E-state index < -0.39 is 12.0 Å². The normalized spacial score (nSPS) is 15.6. The molecule has 1 aliphatic rings. The first kappa shape index (κ1) is 20.4. The van der Waals surface area contributed by atoms with E-state index in [-0.39, 0.29) is 17.5 Å². The average molecular weight is 439 g/mol. The number of rotatable bonds is 3. The van der Waals surface area contributed by atoms with Crippen LogP contribution in [0, 0.1) is 12.8 Å². The van der Waals surface area contributed by atoms with Crippen molar-refractivity contribution in [2.24, 2.45) is 5.92 Å². The number of benzene rings is 1. The Bertz CT molecular complexity index is 1090. The quantitative estimate of drug-likeness (QED) is 0.670. The van der Waals surface area contributed by atoms with Gasteiger partial charge in [0.2, 0.25) is 5.91 Å². The van der Waals surface area contributed by atoms with Gasteiger partial charge < -0.3 is 10.2 Å². The topological polar surface area (TPSA) is 75.4 Å². The summed E-state index contributed by atoms with van der Waals surface area (Å²) < 4.78 is 39.9. The van der Waals surface area contributed by atoms with Gasteiger partial charge >= 0.3 is 6.18 Å². The van der Waals surface area contributed by atoms with Gasteiger partial charge in [0.1, 0.15) is 5.82 Å². The maximum absolute atomic E-state index is 13.1. The van der Waals surface area contributed by atoms with E-state index in [4.69, 9.17) is 11.6 Å². The van der Waals surface area contributed by atoms with E-state index in [1.807, 2.05) is 17.9 Å². The summed E-state index contributed by atoms with van der Waals surface area (Å²) in [5.74, 6) is -1.12. The Kier molecular flexibility index (Phi) is 5.27. The van der Waals surface area contributed by atoms with Crippen LogP contribution in [-0.2, 0) is 11.0 Å². The minimum Gasteiger partial charge on any atom is -0.355 e. The van der Waals surface area contributed by atoms with Crippen molar-refractivity contribution in [3.63, 3.8) is 0 Å². The van der Waals surface area contributed by atoms with E-state index in [2.05, 4.69) is 20.6 Å². The zero-order valence-corrected chi connectivity index (χ0v) is 16.7. The Morgan fingerprint density at radius 3 is 2.57 bits per heavy atom. The number of amides is 1. The summed E-state index contributed by atoms with van der Waals surface area (Å²) in [6.07, 6.45) is -3.56. The van der Waals surface area contributed by atoms with Crippen molar-refractivity contribution in [3.8, 4) is 0 Å². The van der Waals surface area contributed by atoms with Crippen LogP contribution in [0.15, 0.2) is 30.3 Å². The van der Waals surface area contributed by atoms with Crippen LogP contribution in [0.1, 0.15) is 24.2 Å². The molecule has 1 amide bonds. The molecule has 30 heavy (non-hydrogen) atoms. The Hall–Kier alpha value is -2.88. The summed E-state index contributed by atoms with van der Waals surface area (Å²) in [7, 11) is 0. The van der Waals surface area contributed by atoms with Crippen LogP contribution in [0.25, 0.3) is 5.65 Å². The van der Waals surface area contributed by atoms with E-state index >= 15 is 0 Å². The summed E-state index contributed by atoms with van der Waals surface area (Å²) in [6, 6.07) is 8.47. The maximum atomic E-state index is 13.1. The highest BCUT2D eigenvalue weighted by molar-refractivity contribution is 6.33. The summed E-state index contributed by atoms with van der Waals surface area (Å²) in [4.78, 5) is 14.4. The largest absolute Gasteiger partial charge is 0.453 e. The molecule has 3 aromatic rings. The molecule has 0 aliphatic carbocycles. The van der Waals surface area contributed by atoms with Crippen molar-refractivity contribution in [1.29, 1.82) is 0 Å². The second kappa shape index (κ2) is 7.75. The molecule has 1 N–H and O–H groups in total. The number of alkyl halides is 3. The summed E-state index contributed by atoms with van der Waals surface area (Å²) in [5, 5.41) is 14.1. The number of anilines is 2. The molecule has 3 heterocycles. The van der Waals surface area contributed by atoms with Gasteiger partial charge in [-0.05, 0) is 49.6 Å².